The summed E-state index contributed by atoms with van der Waals surface area (Å²) in [6.45, 7) is 12.5. The van der Waals surface area contributed by atoms with Crippen LogP contribution in [0.15, 0.2) is 60.7 Å². The van der Waals surface area contributed by atoms with Crippen LogP contribution < -0.4 is 0 Å². The van der Waals surface area contributed by atoms with Gasteiger partial charge in [-0.25, -0.2) is 0 Å². The van der Waals surface area contributed by atoms with Gasteiger partial charge in [-0.05, 0) is 60.5 Å². The molecule has 0 heterocycles. The Hall–Kier alpha value is -0.892. The minimum atomic E-state index is -1.67. The smallest absolute Gasteiger partial charge is 0.187 e. The summed E-state index contributed by atoms with van der Waals surface area (Å²) in [7, 11) is -3.34. The van der Waals surface area contributed by atoms with E-state index in [1.54, 1.807) is 48.5 Å². The summed E-state index contributed by atoms with van der Waals surface area (Å²) in [5.41, 5.74) is 0. The van der Waals surface area contributed by atoms with Gasteiger partial charge in [-0.2, -0.15) is 0 Å². The van der Waals surface area contributed by atoms with Crippen LogP contribution in [0.5, 0.6) is 11.5 Å². The van der Waals surface area contributed by atoms with E-state index >= 15 is 0 Å². The fraction of sp³-hybridized carbons (Fsp3) is 0.500. The number of aromatic hydroxyl groups is 2. The van der Waals surface area contributed by atoms with E-state index in [4.69, 9.17) is 10.2 Å². The van der Waals surface area contributed by atoms with Gasteiger partial charge < -0.3 is 19.8 Å². The molecule has 31 heavy (non-hydrogen) atoms. The van der Waals surface area contributed by atoms with Crippen LogP contribution in [0.2, 0.25) is 36.3 Å². The SMILES string of the molecule is CC[Si](O)(CC)CC.CC[Si](O)(CC)CC.Oc1ccccc1.Oc1ccccc1.[Ti]. The molecule has 2 aromatic rings. The topological polar surface area (TPSA) is 80.9 Å². The second kappa shape index (κ2) is 21.0. The Bertz CT molecular complexity index is 535. The maximum absolute atomic E-state index is 9.58. The van der Waals surface area contributed by atoms with Crippen molar-refractivity contribution >= 4 is 16.6 Å². The number of benzene rings is 2. The third-order valence-electron chi connectivity index (χ3n) is 5.46. The second-order valence-corrected chi connectivity index (χ2v) is 16.4. The van der Waals surface area contributed by atoms with Gasteiger partial charge in [0.1, 0.15) is 11.5 Å². The normalized spacial score (nSPS) is 10.1. The van der Waals surface area contributed by atoms with Gasteiger partial charge in [-0.3, -0.25) is 0 Å². The average molecular weight is 501 g/mol. The molecular weight excluding hydrogens is 456 g/mol. The van der Waals surface area contributed by atoms with Crippen molar-refractivity contribution in [2.24, 2.45) is 0 Å². The number of hydrogen-bond donors (Lipinski definition) is 4. The second-order valence-electron chi connectivity index (χ2n) is 7.24. The van der Waals surface area contributed by atoms with Crippen molar-refractivity contribution in [3.05, 3.63) is 60.7 Å². The molecule has 0 atom stereocenters. The molecule has 0 unspecified atom stereocenters. The number of rotatable bonds is 6. The monoisotopic (exact) mass is 500 g/mol. The molecule has 0 aliphatic heterocycles. The van der Waals surface area contributed by atoms with Crippen molar-refractivity contribution in [3.8, 4) is 11.5 Å². The van der Waals surface area contributed by atoms with Crippen molar-refractivity contribution in [2.45, 2.75) is 77.8 Å². The summed E-state index contributed by atoms with van der Waals surface area (Å²) in [6, 6.07) is 23.5. The molecule has 2 rings (SSSR count). The Morgan fingerprint density at radius 1 is 0.484 bits per heavy atom. The Kier molecular flexibility index (Phi) is 23.5. The summed E-state index contributed by atoms with van der Waals surface area (Å²) >= 11 is 0. The van der Waals surface area contributed by atoms with Crippen molar-refractivity contribution in [3.63, 3.8) is 0 Å². The molecule has 4 N–H and O–H groups in total. The number of para-hydroxylation sites is 2. The van der Waals surface area contributed by atoms with Crippen LogP contribution in [0, 0.1) is 0 Å². The molecule has 2 aromatic carbocycles. The summed E-state index contributed by atoms with van der Waals surface area (Å²) in [4.78, 5) is 19.2. The van der Waals surface area contributed by atoms with E-state index in [0.29, 0.717) is 11.5 Å². The maximum Gasteiger partial charge on any atom is 0.187 e. The number of hydrogen-bond acceptors (Lipinski definition) is 4. The molecule has 0 bridgehead atoms. The van der Waals surface area contributed by atoms with Crippen LogP contribution in [0.4, 0.5) is 0 Å². The summed E-state index contributed by atoms with van der Waals surface area (Å²) in [5, 5.41) is 17.3. The third-order valence-corrected chi connectivity index (χ3v) is 13.4. The zero-order valence-corrected chi connectivity index (χ0v) is 23.9. The van der Waals surface area contributed by atoms with Gasteiger partial charge in [0, 0.05) is 21.7 Å². The first-order chi connectivity index (χ1) is 14.2. The molecule has 0 amide bonds. The molecule has 0 radical (unpaired) electrons. The van der Waals surface area contributed by atoms with E-state index in [2.05, 4.69) is 41.5 Å². The van der Waals surface area contributed by atoms with Crippen molar-refractivity contribution < 1.29 is 41.5 Å². The van der Waals surface area contributed by atoms with Gasteiger partial charge in [-0.1, -0.05) is 77.9 Å². The van der Waals surface area contributed by atoms with E-state index in [1.807, 2.05) is 12.1 Å². The molecule has 0 aliphatic rings. The van der Waals surface area contributed by atoms with Crippen LogP contribution in [0.1, 0.15) is 41.5 Å². The Morgan fingerprint density at radius 3 is 0.742 bits per heavy atom. The number of phenolic OH excluding ortho intramolecular Hbond substituents is 2. The Labute approximate surface area is 207 Å². The van der Waals surface area contributed by atoms with Gasteiger partial charge in [0.25, 0.3) is 0 Å². The van der Waals surface area contributed by atoms with E-state index in [-0.39, 0.29) is 21.7 Å². The van der Waals surface area contributed by atoms with E-state index in [0.717, 1.165) is 36.3 Å². The molecule has 4 nitrogen and oxygen atoms in total. The molecule has 0 aliphatic carbocycles. The molecule has 0 saturated carbocycles. The summed E-state index contributed by atoms with van der Waals surface area (Å²) in [5.74, 6) is 0.644. The fourth-order valence-corrected chi connectivity index (χ4v) is 5.36. The number of phenols is 2. The maximum atomic E-state index is 9.58. The standard InChI is InChI=1S/2C6H16OSi.2C6H6O.Ti/c2*1-4-8(7,5-2)6-3;2*7-6-4-2-1-3-5-6;/h2*7H,4-6H2,1-3H3;2*1-5,7H;. The van der Waals surface area contributed by atoms with Gasteiger partial charge >= 0.3 is 0 Å². The molecule has 7 heteroatoms. The van der Waals surface area contributed by atoms with Crippen molar-refractivity contribution in [2.75, 3.05) is 0 Å². The molecule has 0 spiro atoms. The first-order valence-corrected chi connectivity index (χ1v) is 16.2. The van der Waals surface area contributed by atoms with Crippen LogP contribution in [-0.4, -0.2) is 36.4 Å². The van der Waals surface area contributed by atoms with E-state index in [9.17, 15) is 9.59 Å². The van der Waals surface area contributed by atoms with Crippen LogP contribution in [-0.2, 0) is 21.7 Å². The Balaban J connectivity index is -0.000000334. The molecule has 0 aromatic heterocycles. The Morgan fingerprint density at radius 2 is 0.677 bits per heavy atom. The van der Waals surface area contributed by atoms with Crippen LogP contribution in [0.25, 0.3) is 0 Å². The van der Waals surface area contributed by atoms with Gasteiger partial charge in [-0.15, -0.1) is 0 Å². The minimum Gasteiger partial charge on any atom is -0.508 e. The molecule has 176 valence electrons. The first kappa shape index (κ1) is 34.7. The quantitative estimate of drug-likeness (QED) is 0.331. The van der Waals surface area contributed by atoms with E-state index in [1.165, 1.54) is 0 Å². The zero-order valence-electron chi connectivity index (χ0n) is 20.3. The predicted molar refractivity (Wildman–Crippen MR) is 135 cm³/mol. The minimum absolute atomic E-state index is 0. The molecular formula is C24H44O4Si2Ti. The summed E-state index contributed by atoms with van der Waals surface area (Å²) in [6.07, 6.45) is 0. The third kappa shape index (κ3) is 19.5. The van der Waals surface area contributed by atoms with Crippen molar-refractivity contribution in [1.29, 1.82) is 0 Å². The largest absolute Gasteiger partial charge is 0.508 e. The van der Waals surface area contributed by atoms with Crippen molar-refractivity contribution in [1.82, 2.24) is 0 Å². The average Bonchev–Trinajstić information content (AvgIpc) is 2.80. The van der Waals surface area contributed by atoms with Crippen LogP contribution in [0.3, 0.4) is 0 Å². The zero-order chi connectivity index (χ0) is 23.5. The fourth-order valence-electron chi connectivity index (χ4n) is 2.36. The van der Waals surface area contributed by atoms with Gasteiger partial charge in [0.15, 0.2) is 16.6 Å². The first-order valence-electron chi connectivity index (χ1n) is 11.1. The summed E-state index contributed by atoms with van der Waals surface area (Å²) < 4.78 is 0. The van der Waals surface area contributed by atoms with Gasteiger partial charge in [0.05, 0.1) is 0 Å². The molecule has 0 saturated heterocycles. The van der Waals surface area contributed by atoms with Crippen LogP contribution >= 0.6 is 0 Å². The predicted octanol–water partition coefficient (Wildman–Crippen LogP) is 6.75. The molecule has 0 fully saturated rings. The van der Waals surface area contributed by atoms with E-state index < -0.39 is 16.6 Å². The van der Waals surface area contributed by atoms with Gasteiger partial charge in [0.2, 0.25) is 0 Å².